The topological polar surface area (TPSA) is 122 Å². The van der Waals surface area contributed by atoms with Gasteiger partial charge in [0.1, 0.15) is 24.0 Å². The van der Waals surface area contributed by atoms with Gasteiger partial charge in [-0.15, -0.1) is 0 Å². The maximum atomic E-state index is 6.13. The minimum Gasteiger partial charge on any atom is -0.490 e. The number of pyridine rings is 2. The van der Waals surface area contributed by atoms with Crippen molar-refractivity contribution in [3.8, 4) is 0 Å². The Labute approximate surface area is 159 Å². The van der Waals surface area contributed by atoms with Crippen LogP contribution in [-0.4, -0.2) is 22.6 Å². The molecular weight excluding hydrogens is 342 g/mol. The summed E-state index contributed by atoms with van der Waals surface area (Å²) in [5.74, 6) is 1.31. The van der Waals surface area contributed by atoms with Crippen molar-refractivity contribution in [1.82, 2.24) is 9.97 Å². The third kappa shape index (κ3) is 6.40. The molecule has 0 radical (unpaired) electrons. The number of aryl methyl sites for hydroxylation is 2. The standard InChI is InChI=1S/C20H27N5O2/c1-12-5-16(24-18(21)7-12)10-26-9-14(3)20(23)15(4)27-11-17-6-13(2)8-19(22)25-17/h5-8,20H,3-4,9-11,23H2,1-2H3,(H2,21,24)(H2,22,25)/t20-/m0/s1. The van der Waals surface area contributed by atoms with Gasteiger partial charge >= 0.3 is 0 Å². The van der Waals surface area contributed by atoms with Crippen molar-refractivity contribution < 1.29 is 9.47 Å². The molecule has 6 N–H and O–H groups in total. The molecule has 7 nitrogen and oxygen atoms in total. The first kappa shape index (κ1) is 20.4. The van der Waals surface area contributed by atoms with Gasteiger partial charge in [0.05, 0.1) is 30.6 Å². The number of aromatic nitrogens is 2. The number of nitrogen functional groups attached to an aromatic ring is 2. The summed E-state index contributed by atoms with van der Waals surface area (Å²) in [7, 11) is 0. The van der Waals surface area contributed by atoms with Crippen LogP contribution < -0.4 is 17.2 Å². The fraction of sp³-hybridized carbons (Fsp3) is 0.300. The Hall–Kier alpha value is -2.90. The Balaban J connectivity index is 1.80. The lowest BCUT2D eigenvalue weighted by molar-refractivity contribution is 0.131. The summed E-state index contributed by atoms with van der Waals surface area (Å²) in [6.07, 6.45) is 0. The Kier molecular flexibility index (Phi) is 6.92. The molecule has 7 heteroatoms. The van der Waals surface area contributed by atoms with Gasteiger partial charge in [0.2, 0.25) is 0 Å². The van der Waals surface area contributed by atoms with Gasteiger partial charge in [-0.3, -0.25) is 0 Å². The first-order valence-corrected chi connectivity index (χ1v) is 8.53. The summed E-state index contributed by atoms with van der Waals surface area (Å²) in [4.78, 5) is 8.43. The Morgan fingerprint density at radius 3 is 2.00 bits per heavy atom. The average Bonchev–Trinajstić information content (AvgIpc) is 2.57. The molecule has 144 valence electrons. The minimum atomic E-state index is -0.553. The average molecular weight is 369 g/mol. The zero-order chi connectivity index (χ0) is 20.0. The van der Waals surface area contributed by atoms with E-state index in [2.05, 4.69) is 23.1 Å². The fourth-order valence-corrected chi connectivity index (χ4v) is 2.54. The predicted octanol–water partition coefficient (Wildman–Crippen LogP) is 2.39. The van der Waals surface area contributed by atoms with Crippen molar-refractivity contribution in [2.75, 3.05) is 18.1 Å². The lowest BCUT2D eigenvalue weighted by Crippen LogP contribution is -2.28. The third-order valence-corrected chi connectivity index (χ3v) is 3.81. The summed E-state index contributed by atoms with van der Waals surface area (Å²) in [5, 5.41) is 0. The molecule has 0 saturated carbocycles. The summed E-state index contributed by atoms with van der Waals surface area (Å²) in [6.45, 7) is 12.5. The molecule has 0 aliphatic rings. The van der Waals surface area contributed by atoms with Crippen LogP contribution >= 0.6 is 0 Å². The molecule has 0 saturated heterocycles. The third-order valence-electron chi connectivity index (χ3n) is 3.81. The van der Waals surface area contributed by atoms with Crippen molar-refractivity contribution in [2.24, 2.45) is 5.73 Å². The maximum absolute atomic E-state index is 6.13. The van der Waals surface area contributed by atoms with E-state index in [1.54, 1.807) is 12.1 Å². The van der Waals surface area contributed by atoms with Crippen LogP contribution in [0.2, 0.25) is 0 Å². The lowest BCUT2D eigenvalue weighted by atomic mass is 10.1. The van der Waals surface area contributed by atoms with Gasteiger partial charge in [-0.2, -0.15) is 0 Å². The smallest absolute Gasteiger partial charge is 0.130 e. The van der Waals surface area contributed by atoms with Crippen LogP contribution in [-0.2, 0) is 22.7 Å². The molecule has 2 heterocycles. The molecule has 2 rings (SSSR count). The van der Waals surface area contributed by atoms with Crippen LogP contribution in [0.25, 0.3) is 0 Å². The molecule has 0 aliphatic carbocycles. The highest BCUT2D eigenvalue weighted by atomic mass is 16.5. The maximum Gasteiger partial charge on any atom is 0.130 e. The van der Waals surface area contributed by atoms with Crippen molar-refractivity contribution >= 4 is 11.6 Å². The zero-order valence-corrected chi connectivity index (χ0v) is 15.9. The number of ether oxygens (including phenoxy) is 2. The summed E-state index contributed by atoms with van der Waals surface area (Å²) < 4.78 is 11.3. The molecule has 0 aliphatic heterocycles. The van der Waals surface area contributed by atoms with Gasteiger partial charge in [0.15, 0.2) is 0 Å². The second-order valence-corrected chi connectivity index (χ2v) is 6.51. The first-order chi connectivity index (χ1) is 12.7. The van der Waals surface area contributed by atoms with E-state index in [-0.39, 0.29) is 13.2 Å². The minimum absolute atomic E-state index is 0.235. The van der Waals surface area contributed by atoms with Gasteiger partial charge in [-0.1, -0.05) is 13.2 Å². The molecule has 0 spiro atoms. The molecule has 2 aromatic rings. The highest BCUT2D eigenvalue weighted by Crippen LogP contribution is 2.14. The van der Waals surface area contributed by atoms with E-state index >= 15 is 0 Å². The zero-order valence-electron chi connectivity index (χ0n) is 15.9. The molecule has 0 unspecified atom stereocenters. The van der Waals surface area contributed by atoms with Crippen LogP contribution in [0.5, 0.6) is 0 Å². The normalized spacial score (nSPS) is 11.8. The molecule has 0 bridgehead atoms. The van der Waals surface area contributed by atoms with Gasteiger partial charge in [0.25, 0.3) is 0 Å². The van der Waals surface area contributed by atoms with Gasteiger partial charge in [-0.25, -0.2) is 9.97 Å². The summed E-state index contributed by atoms with van der Waals surface area (Å²) >= 11 is 0. The van der Waals surface area contributed by atoms with Crippen LogP contribution in [0.15, 0.2) is 48.8 Å². The molecule has 2 aromatic heterocycles. The van der Waals surface area contributed by atoms with Crippen LogP contribution in [0, 0.1) is 13.8 Å². The lowest BCUT2D eigenvalue weighted by Gasteiger charge is -2.18. The van der Waals surface area contributed by atoms with Crippen molar-refractivity contribution in [3.63, 3.8) is 0 Å². The number of hydrogen-bond donors (Lipinski definition) is 3. The molecule has 0 fully saturated rings. The van der Waals surface area contributed by atoms with E-state index in [1.165, 1.54) is 0 Å². The Morgan fingerprint density at radius 2 is 1.48 bits per heavy atom. The Morgan fingerprint density at radius 1 is 0.963 bits per heavy atom. The highest BCUT2D eigenvalue weighted by Gasteiger charge is 2.14. The quantitative estimate of drug-likeness (QED) is 0.458. The molecule has 27 heavy (non-hydrogen) atoms. The van der Waals surface area contributed by atoms with Crippen LogP contribution in [0.4, 0.5) is 11.6 Å². The number of hydrogen-bond acceptors (Lipinski definition) is 7. The summed E-state index contributed by atoms with van der Waals surface area (Å²) in [6, 6.07) is 6.86. The number of nitrogens with zero attached hydrogens (tertiary/aromatic N) is 2. The molecule has 0 amide bonds. The van der Waals surface area contributed by atoms with Crippen molar-refractivity contribution in [1.29, 1.82) is 0 Å². The number of nitrogens with two attached hydrogens (primary N) is 3. The number of anilines is 2. The first-order valence-electron chi connectivity index (χ1n) is 8.53. The van der Waals surface area contributed by atoms with E-state index in [1.807, 2.05) is 26.0 Å². The predicted molar refractivity (Wildman–Crippen MR) is 107 cm³/mol. The molecular formula is C20H27N5O2. The van der Waals surface area contributed by atoms with Gasteiger partial charge in [-0.05, 0) is 54.8 Å². The highest BCUT2D eigenvalue weighted by molar-refractivity contribution is 5.34. The molecule has 1 atom stereocenters. The largest absolute Gasteiger partial charge is 0.490 e. The van der Waals surface area contributed by atoms with Gasteiger partial charge in [0, 0.05) is 0 Å². The second-order valence-electron chi connectivity index (χ2n) is 6.51. The van der Waals surface area contributed by atoms with Crippen LogP contribution in [0.3, 0.4) is 0 Å². The number of rotatable bonds is 9. The fourth-order valence-electron chi connectivity index (χ4n) is 2.54. The van der Waals surface area contributed by atoms with E-state index in [0.29, 0.717) is 35.3 Å². The van der Waals surface area contributed by atoms with Crippen molar-refractivity contribution in [3.05, 3.63) is 71.3 Å². The summed E-state index contributed by atoms with van der Waals surface area (Å²) in [5.41, 5.74) is 21.8. The Bertz CT molecular complexity index is 795. The molecule has 0 aromatic carbocycles. The SMILES string of the molecule is C=C(COCc1cc(C)cc(N)n1)[C@H](N)C(=C)OCc1cc(C)cc(N)n1. The van der Waals surface area contributed by atoms with Crippen molar-refractivity contribution in [2.45, 2.75) is 33.1 Å². The van der Waals surface area contributed by atoms with E-state index in [9.17, 15) is 0 Å². The van der Waals surface area contributed by atoms with E-state index in [0.717, 1.165) is 16.8 Å². The van der Waals surface area contributed by atoms with E-state index in [4.69, 9.17) is 26.7 Å². The van der Waals surface area contributed by atoms with Gasteiger partial charge < -0.3 is 26.7 Å². The monoisotopic (exact) mass is 369 g/mol. The second kappa shape index (κ2) is 9.16. The van der Waals surface area contributed by atoms with E-state index < -0.39 is 6.04 Å². The van der Waals surface area contributed by atoms with Crippen LogP contribution in [0.1, 0.15) is 22.5 Å².